The van der Waals surface area contributed by atoms with Gasteiger partial charge in [-0.25, -0.2) is 4.68 Å². The first-order chi connectivity index (χ1) is 17.2. The van der Waals surface area contributed by atoms with E-state index in [4.69, 9.17) is 4.42 Å². The Bertz CT molecular complexity index is 1360. The summed E-state index contributed by atoms with van der Waals surface area (Å²) in [5, 5.41) is 17.5. The summed E-state index contributed by atoms with van der Waals surface area (Å²) in [6, 6.07) is 17.2. The van der Waals surface area contributed by atoms with Crippen LogP contribution in [0.3, 0.4) is 0 Å². The van der Waals surface area contributed by atoms with E-state index in [1.807, 2.05) is 48.5 Å². The summed E-state index contributed by atoms with van der Waals surface area (Å²) < 4.78 is 7.29. The third kappa shape index (κ3) is 5.62. The van der Waals surface area contributed by atoms with Crippen LogP contribution < -0.4 is 10.9 Å². The highest BCUT2D eigenvalue weighted by Gasteiger charge is 2.19. The average molecular weight is 490 g/mol. The van der Waals surface area contributed by atoms with Gasteiger partial charge in [0, 0.05) is 11.4 Å². The maximum Gasteiger partial charge on any atom is 0.277 e. The van der Waals surface area contributed by atoms with E-state index >= 15 is 0 Å². The molecule has 0 unspecified atom stereocenters. The van der Waals surface area contributed by atoms with E-state index in [1.54, 1.807) is 6.07 Å². The Balaban J connectivity index is 1.35. The number of aromatic nitrogens is 4. The van der Waals surface area contributed by atoms with E-state index in [-0.39, 0.29) is 29.2 Å². The Kier molecular flexibility index (Phi) is 7.23. The number of fused-ring (bicyclic) bond motifs is 1. The van der Waals surface area contributed by atoms with Gasteiger partial charge in [-0.2, -0.15) is 5.10 Å². The lowest BCUT2D eigenvalue weighted by Crippen LogP contribution is -2.35. The zero-order valence-corrected chi connectivity index (χ0v) is 20.2. The summed E-state index contributed by atoms with van der Waals surface area (Å²) >= 11 is 1.20. The molecule has 9 heteroatoms. The van der Waals surface area contributed by atoms with Crippen LogP contribution in [0.1, 0.15) is 44.1 Å². The first kappa shape index (κ1) is 23.3. The molecule has 1 N–H and O–H groups in total. The number of nitrogens with zero attached hydrogens (tertiary/aromatic N) is 4. The Labute approximate surface area is 207 Å². The predicted octanol–water partition coefficient (Wildman–Crippen LogP) is 4.43. The second-order valence-electron chi connectivity index (χ2n) is 8.76. The Morgan fingerprint density at radius 2 is 1.69 bits per heavy atom. The second kappa shape index (κ2) is 10.9. The van der Waals surface area contributed by atoms with Crippen LogP contribution in [0, 0.1) is 0 Å². The predicted molar refractivity (Wildman–Crippen MR) is 135 cm³/mol. The van der Waals surface area contributed by atoms with Gasteiger partial charge in [-0.3, -0.25) is 9.59 Å². The number of amides is 1. The highest BCUT2D eigenvalue weighted by Crippen LogP contribution is 2.27. The number of benzene rings is 2. The van der Waals surface area contributed by atoms with Crippen molar-refractivity contribution in [1.29, 1.82) is 0 Å². The molecule has 1 fully saturated rings. The molecule has 0 bridgehead atoms. The van der Waals surface area contributed by atoms with Crippen molar-refractivity contribution >= 4 is 28.4 Å². The first-order valence-electron chi connectivity index (χ1n) is 12.0. The van der Waals surface area contributed by atoms with E-state index in [2.05, 4.69) is 20.6 Å². The van der Waals surface area contributed by atoms with Gasteiger partial charge in [0.15, 0.2) is 5.69 Å². The number of rotatable bonds is 7. The monoisotopic (exact) mass is 489 g/mol. The van der Waals surface area contributed by atoms with Crippen molar-refractivity contribution in [3.63, 3.8) is 0 Å². The smallest absolute Gasteiger partial charge is 0.277 e. The average Bonchev–Trinajstić information content (AvgIpc) is 3.21. The lowest BCUT2D eigenvalue weighted by atomic mass is 10.1. The van der Waals surface area contributed by atoms with Crippen molar-refractivity contribution in [3.05, 3.63) is 70.5 Å². The van der Waals surface area contributed by atoms with Crippen molar-refractivity contribution in [3.8, 4) is 11.6 Å². The fraction of sp³-hybridized carbons (Fsp3) is 0.346. The quantitative estimate of drug-likeness (QED) is 0.303. The minimum atomic E-state index is -0.183. The van der Waals surface area contributed by atoms with E-state index in [1.165, 1.54) is 42.1 Å². The van der Waals surface area contributed by atoms with Gasteiger partial charge in [0.05, 0.1) is 17.7 Å². The maximum absolute atomic E-state index is 13.1. The fourth-order valence-corrected chi connectivity index (χ4v) is 5.02. The molecule has 1 aliphatic rings. The van der Waals surface area contributed by atoms with Crippen LogP contribution in [0.5, 0.6) is 0 Å². The van der Waals surface area contributed by atoms with Crippen molar-refractivity contribution in [2.75, 3.05) is 5.75 Å². The topological polar surface area (TPSA) is 103 Å². The van der Waals surface area contributed by atoms with E-state index < -0.39 is 0 Å². The zero-order valence-electron chi connectivity index (χ0n) is 19.4. The molecule has 2 aromatic carbocycles. The molecule has 5 rings (SSSR count). The van der Waals surface area contributed by atoms with E-state index in [0.717, 1.165) is 18.4 Å². The van der Waals surface area contributed by atoms with Crippen LogP contribution in [0.4, 0.5) is 0 Å². The van der Waals surface area contributed by atoms with Gasteiger partial charge in [0.1, 0.15) is 0 Å². The normalized spacial score (nSPS) is 14.6. The Morgan fingerprint density at radius 3 is 2.46 bits per heavy atom. The number of carbonyl (C=O) groups excluding carboxylic acids is 1. The molecule has 8 nitrogen and oxygen atoms in total. The molecule has 35 heavy (non-hydrogen) atoms. The van der Waals surface area contributed by atoms with Crippen molar-refractivity contribution in [2.45, 2.75) is 56.3 Å². The SMILES string of the molecule is O=C(CSc1nnc(-c2nn(Cc3ccccc3)c(=O)c3ccccc23)o1)NC1CCCCCC1. The summed E-state index contributed by atoms with van der Waals surface area (Å²) in [7, 11) is 0. The number of nitrogens with one attached hydrogen (secondary N) is 1. The largest absolute Gasteiger partial charge is 0.409 e. The third-order valence-corrected chi connectivity index (χ3v) is 7.02. The van der Waals surface area contributed by atoms with Crippen LogP contribution in [-0.4, -0.2) is 37.7 Å². The molecular formula is C26H27N5O3S. The van der Waals surface area contributed by atoms with Crippen LogP contribution in [-0.2, 0) is 11.3 Å². The van der Waals surface area contributed by atoms with Gasteiger partial charge in [-0.15, -0.1) is 10.2 Å². The van der Waals surface area contributed by atoms with Gasteiger partial charge >= 0.3 is 0 Å². The lowest BCUT2D eigenvalue weighted by molar-refractivity contribution is -0.119. The van der Waals surface area contributed by atoms with Gasteiger partial charge < -0.3 is 9.73 Å². The van der Waals surface area contributed by atoms with Crippen LogP contribution in [0.15, 0.2) is 69.0 Å². The van der Waals surface area contributed by atoms with Gasteiger partial charge in [-0.1, -0.05) is 86.0 Å². The van der Waals surface area contributed by atoms with E-state index in [9.17, 15) is 9.59 Å². The molecule has 0 aliphatic heterocycles. The summed E-state index contributed by atoms with van der Waals surface area (Å²) in [4.78, 5) is 25.5. The molecule has 180 valence electrons. The van der Waals surface area contributed by atoms with Crippen molar-refractivity contribution in [2.24, 2.45) is 0 Å². The fourth-order valence-electron chi connectivity index (χ4n) is 4.44. The molecule has 4 aromatic rings. The molecule has 0 atom stereocenters. The molecule has 1 aliphatic carbocycles. The first-order valence-corrected chi connectivity index (χ1v) is 13.0. The van der Waals surface area contributed by atoms with Gasteiger partial charge in [0.25, 0.3) is 16.7 Å². The molecule has 0 saturated heterocycles. The Morgan fingerprint density at radius 1 is 0.971 bits per heavy atom. The number of thioether (sulfide) groups is 1. The summed E-state index contributed by atoms with van der Waals surface area (Å²) in [5.74, 6) is 0.399. The zero-order chi connectivity index (χ0) is 24.0. The van der Waals surface area contributed by atoms with Crippen molar-refractivity contribution in [1.82, 2.24) is 25.3 Å². The third-order valence-electron chi connectivity index (χ3n) is 6.20. The molecule has 0 radical (unpaired) electrons. The highest BCUT2D eigenvalue weighted by atomic mass is 32.2. The molecule has 0 spiro atoms. The molecule has 1 saturated carbocycles. The minimum Gasteiger partial charge on any atom is -0.409 e. The lowest BCUT2D eigenvalue weighted by Gasteiger charge is -2.15. The number of hydrogen-bond acceptors (Lipinski definition) is 7. The Hall–Kier alpha value is -3.46. The van der Waals surface area contributed by atoms with Crippen LogP contribution in [0.2, 0.25) is 0 Å². The van der Waals surface area contributed by atoms with Crippen LogP contribution >= 0.6 is 11.8 Å². The maximum atomic E-state index is 13.1. The minimum absolute atomic E-state index is 0.0263. The van der Waals surface area contributed by atoms with Gasteiger partial charge in [0.2, 0.25) is 5.91 Å². The van der Waals surface area contributed by atoms with Crippen molar-refractivity contribution < 1.29 is 9.21 Å². The molecule has 2 heterocycles. The molecular weight excluding hydrogens is 462 g/mol. The summed E-state index contributed by atoms with van der Waals surface area (Å²) in [6.07, 6.45) is 6.90. The second-order valence-corrected chi connectivity index (χ2v) is 9.69. The summed E-state index contributed by atoms with van der Waals surface area (Å²) in [6.45, 7) is 0.328. The number of carbonyl (C=O) groups is 1. The summed E-state index contributed by atoms with van der Waals surface area (Å²) in [5.41, 5.74) is 1.22. The molecule has 2 aromatic heterocycles. The molecule has 1 amide bonds. The standard InChI is InChI=1S/C26H27N5O3S/c32-22(27-19-12-6-1-2-7-13-19)17-35-26-29-28-24(34-26)23-20-14-8-9-15-21(20)25(33)31(30-23)16-18-10-4-3-5-11-18/h3-5,8-11,14-15,19H,1-2,6-7,12-13,16-17H2,(H,27,32). The van der Waals surface area contributed by atoms with Gasteiger partial charge in [-0.05, 0) is 24.5 Å². The number of hydrogen-bond donors (Lipinski definition) is 1. The highest BCUT2D eigenvalue weighted by molar-refractivity contribution is 7.99. The van der Waals surface area contributed by atoms with E-state index in [0.29, 0.717) is 28.2 Å². The van der Waals surface area contributed by atoms with Crippen LogP contribution in [0.25, 0.3) is 22.4 Å².